The molecule has 1 aromatic carbocycles. The lowest BCUT2D eigenvalue weighted by Crippen LogP contribution is -2.52. The van der Waals surface area contributed by atoms with E-state index in [2.05, 4.69) is 29.2 Å². The fourth-order valence-electron chi connectivity index (χ4n) is 2.38. The number of hydrogen-bond acceptors (Lipinski definition) is 5. The van der Waals surface area contributed by atoms with E-state index in [-0.39, 0.29) is 0 Å². The molecule has 0 saturated carbocycles. The highest BCUT2D eigenvalue weighted by atomic mass is 16.5. The van der Waals surface area contributed by atoms with E-state index < -0.39 is 0 Å². The molecule has 19 heavy (non-hydrogen) atoms. The summed E-state index contributed by atoms with van der Waals surface area (Å²) in [5.41, 5.74) is 7.71. The molecule has 1 fully saturated rings. The zero-order valence-electron chi connectivity index (χ0n) is 12.0. The van der Waals surface area contributed by atoms with E-state index in [1.807, 2.05) is 18.2 Å². The van der Waals surface area contributed by atoms with E-state index in [0.717, 1.165) is 43.3 Å². The summed E-state index contributed by atoms with van der Waals surface area (Å²) in [5, 5.41) is 3.44. The Morgan fingerprint density at radius 1 is 1.37 bits per heavy atom. The minimum Gasteiger partial charge on any atom is -0.497 e. The molecule has 1 aromatic rings. The maximum Gasteiger partial charge on any atom is 0.121 e. The number of benzene rings is 1. The van der Waals surface area contributed by atoms with Gasteiger partial charge >= 0.3 is 0 Å². The number of likely N-dealkylation sites (N-methyl/N-ethyl adjacent to an activating group) is 2. The van der Waals surface area contributed by atoms with Crippen LogP contribution >= 0.6 is 0 Å². The number of methoxy groups -OCH3 is 1. The summed E-state index contributed by atoms with van der Waals surface area (Å²) in [6, 6.07) is 6.26. The number of anilines is 2. The van der Waals surface area contributed by atoms with Crippen LogP contribution in [0.3, 0.4) is 0 Å². The predicted octanol–water partition coefficient (Wildman–Crippen LogP) is 0.935. The van der Waals surface area contributed by atoms with Crippen molar-refractivity contribution < 1.29 is 4.74 Å². The number of nitrogen functional groups attached to an aromatic ring is 1. The summed E-state index contributed by atoms with van der Waals surface area (Å²) >= 11 is 0. The van der Waals surface area contributed by atoms with E-state index in [0.29, 0.717) is 6.04 Å². The molecular formula is C14H24N4O. The summed E-state index contributed by atoms with van der Waals surface area (Å²) in [5.74, 6) is 0.789. The second-order valence-corrected chi connectivity index (χ2v) is 5.23. The maximum atomic E-state index is 6.01. The Morgan fingerprint density at radius 3 is 2.84 bits per heavy atom. The van der Waals surface area contributed by atoms with Gasteiger partial charge in [-0.2, -0.15) is 0 Å². The lowest BCUT2D eigenvalue weighted by molar-refractivity contribution is 0.122. The Balaban J connectivity index is 1.94. The van der Waals surface area contributed by atoms with Crippen LogP contribution in [0.2, 0.25) is 0 Å². The average molecular weight is 264 g/mol. The minimum atomic E-state index is 0.514. The normalized spacial score (nSPS) is 21.3. The van der Waals surface area contributed by atoms with Gasteiger partial charge in [0, 0.05) is 38.3 Å². The third kappa shape index (κ3) is 3.52. The number of hydrogen-bond donors (Lipinski definition) is 2. The van der Waals surface area contributed by atoms with Crippen molar-refractivity contribution in [2.24, 2.45) is 0 Å². The molecule has 1 aliphatic rings. The SMILES string of the molecule is COc1ccc(NCC2CN(C)CCN2C)c(N)c1. The van der Waals surface area contributed by atoms with Crippen molar-refractivity contribution in [3.05, 3.63) is 18.2 Å². The quantitative estimate of drug-likeness (QED) is 0.793. The summed E-state index contributed by atoms with van der Waals surface area (Å²) in [6.07, 6.45) is 0. The molecule has 2 rings (SSSR count). The largest absolute Gasteiger partial charge is 0.497 e. The lowest BCUT2D eigenvalue weighted by Gasteiger charge is -2.38. The van der Waals surface area contributed by atoms with Gasteiger partial charge in [0.25, 0.3) is 0 Å². The van der Waals surface area contributed by atoms with Crippen molar-refractivity contribution >= 4 is 11.4 Å². The smallest absolute Gasteiger partial charge is 0.121 e. The summed E-state index contributed by atoms with van der Waals surface area (Å²) in [6.45, 7) is 4.23. The van der Waals surface area contributed by atoms with Crippen molar-refractivity contribution in [3.8, 4) is 5.75 Å². The summed E-state index contributed by atoms with van der Waals surface area (Å²) in [4.78, 5) is 4.76. The molecule has 1 heterocycles. The molecule has 3 N–H and O–H groups in total. The molecule has 0 amide bonds. The molecule has 0 aromatic heterocycles. The number of nitrogens with two attached hydrogens (primary N) is 1. The standard InChI is InChI=1S/C14H24N4O/c1-17-6-7-18(2)11(10-17)9-16-14-5-4-12(19-3)8-13(14)15/h4-5,8,11,16H,6-7,9-10,15H2,1-3H3. The van der Waals surface area contributed by atoms with Crippen LogP contribution in [-0.2, 0) is 0 Å². The second-order valence-electron chi connectivity index (χ2n) is 5.23. The first-order valence-corrected chi connectivity index (χ1v) is 6.66. The molecular weight excluding hydrogens is 240 g/mol. The molecule has 1 saturated heterocycles. The zero-order chi connectivity index (χ0) is 13.8. The van der Waals surface area contributed by atoms with Gasteiger partial charge in [-0.25, -0.2) is 0 Å². The first-order chi connectivity index (χ1) is 9.10. The van der Waals surface area contributed by atoms with E-state index >= 15 is 0 Å². The number of piperazine rings is 1. The van der Waals surface area contributed by atoms with E-state index in [4.69, 9.17) is 10.5 Å². The first-order valence-electron chi connectivity index (χ1n) is 6.66. The Kier molecular flexibility index (Phi) is 4.50. The van der Waals surface area contributed by atoms with Gasteiger partial charge in [-0.15, -0.1) is 0 Å². The van der Waals surface area contributed by atoms with Crippen molar-refractivity contribution in [1.82, 2.24) is 9.80 Å². The van der Waals surface area contributed by atoms with E-state index in [9.17, 15) is 0 Å². The maximum absolute atomic E-state index is 6.01. The lowest BCUT2D eigenvalue weighted by atomic mass is 10.1. The Bertz CT molecular complexity index is 424. The second kappa shape index (κ2) is 6.12. The highest BCUT2D eigenvalue weighted by Crippen LogP contribution is 2.24. The molecule has 1 unspecified atom stereocenters. The average Bonchev–Trinajstić information content (AvgIpc) is 2.40. The summed E-state index contributed by atoms with van der Waals surface area (Å²) < 4.78 is 5.15. The highest BCUT2D eigenvalue weighted by molar-refractivity contribution is 5.68. The molecule has 0 radical (unpaired) electrons. The topological polar surface area (TPSA) is 53.8 Å². The van der Waals surface area contributed by atoms with Crippen LogP contribution in [0.1, 0.15) is 0 Å². The van der Waals surface area contributed by atoms with Gasteiger partial charge in [-0.3, -0.25) is 4.90 Å². The third-order valence-corrected chi connectivity index (χ3v) is 3.77. The van der Waals surface area contributed by atoms with Crippen LogP contribution in [-0.4, -0.2) is 63.2 Å². The van der Waals surface area contributed by atoms with E-state index in [1.54, 1.807) is 7.11 Å². The number of nitrogens with one attached hydrogen (secondary N) is 1. The third-order valence-electron chi connectivity index (χ3n) is 3.77. The van der Waals surface area contributed by atoms with Crippen LogP contribution in [0.25, 0.3) is 0 Å². The number of rotatable bonds is 4. The molecule has 1 aliphatic heterocycles. The van der Waals surface area contributed by atoms with Gasteiger partial charge < -0.3 is 20.7 Å². The van der Waals surface area contributed by atoms with Crippen molar-refractivity contribution in [3.63, 3.8) is 0 Å². The van der Waals surface area contributed by atoms with Gasteiger partial charge in [-0.1, -0.05) is 0 Å². The van der Waals surface area contributed by atoms with Gasteiger partial charge in [0.1, 0.15) is 5.75 Å². The van der Waals surface area contributed by atoms with Crippen molar-refractivity contribution in [2.75, 3.05) is 58.4 Å². The number of ether oxygens (including phenoxy) is 1. The Labute approximate surface area is 115 Å². The van der Waals surface area contributed by atoms with Crippen LogP contribution in [0.4, 0.5) is 11.4 Å². The molecule has 1 atom stereocenters. The van der Waals surface area contributed by atoms with E-state index in [1.165, 1.54) is 0 Å². The van der Waals surface area contributed by atoms with Crippen LogP contribution in [0.5, 0.6) is 5.75 Å². The Morgan fingerprint density at radius 2 is 2.16 bits per heavy atom. The van der Waals surface area contributed by atoms with Crippen molar-refractivity contribution in [2.45, 2.75) is 6.04 Å². The predicted molar refractivity (Wildman–Crippen MR) is 79.8 cm³/mol. The van der Waals surface area contributed by atoms with Gasteiger partial charge in [0.2, 0.25) is 0 Å². The molecule has 106 valence electrons. The van der Waals surface area contributed by atoms with Crippen LogP contribution < -0.4 is 15.8 Å². The first kappa shape index (κ1) is 14.0. The zero-order valence-corrected chi connectivity index (χ0v) is 12.0. The van der Waals surface area contributed by atoms with Gasteiger partial charge in [0.05, 0.1) is 18.5 Å². The Hall–Kier alpha value is -1.46. The molecule has 5 nitrogen and oxygen atoms in total. The van der Waals surface area contributed by atoms with Gasteiger partial charge in [-0.05, 0) is 26.2 Å². The monoisotopic (exact) mass is 264 g/mol. The number of nitrogens with zero attached hydrogens (tertiary/aromatic N) is 2. The minimum absolute atomic E-state index is 0.514. The molecule has 0 spiro atoms. The fraction of sp³-hybridized carbons (Fsp3) is 0.571. The van der Waals surface area contributed by atoms with Gasteiger partial charge in [0.15, 0.2) is 0 Å². The molecule has 0 bridgehead atoms. The van der Waals surface area contributed by atoms with Crippen LogP contribution in [0.15, 0.2) is 18.2 Å². The van der Waals surface area contributed by atoms with Crippen LogP contribution in [0, 0.1) is 0 Å². The van der Waals surface area contributed by atoms with Crippen molar-refractivity contribution in [1.29, 1.82) is 0 Å². The highest BCUT2D eigenvalue weighted by Gasteiger charge is 2.21. The fourth-order valence-corrected chi connectivity index (χ4v) is 2.38. The molecule has 5 heteroatoms. The molecule has 0 aliphatic carbocycles. The summed E-state index contributed by atoms with van der Waals surface area (Å²) in [7, 11) is 5.99.